The molecule has 2 amide bonds. The predicted molar refractivity (Wildman–Crippen MR) is 139 cm³/mol. The van der Waals surface area contributed by atoms with Gasteiger partial charge in [0.25, 0.3) is 0 Å². The van der Waals surface area contributed by atoms with Gasteiger partial charge in [0.05, 0.1) is 6.54 Å². The zero-order chi connectivity index (χ0) is 24.8. The second kappa shape index (κ2) is 12.7. The molecule has 4 atom stereocenters. The molecule has 4 aliphatic rings. The fourth-order valence-electron chi connectivity index (χ4n) is 6.86. The standard InChI is InChI=1S/C28H49N5O2/c1-20(2)25-17-23(21(3)16-24(25)19-31-28(35)22-7-10-29-11-8-22)18-27(34)33-14-12-32(13-15-33)26-6-4-5-9-30-26/h16,20,22-26,29-30H,4-15,17-19H2,1-3H3,(H,31,35)/p+1/t23-,24-,25-,26?/m0/s1. The van der Waals surface area contributed by atoms with Gasteiger partial charge in [0, 0.05) is 51.5 Å². The number of rotatable bonds is 7. The Hall–Kier alpha value is -1.44. The Labute approximate surface area is 212 Å². The highest BCUT2D eigenvalue weighted by Crippen LogP contribution is 2.39. The monoisotopic (exact) mass is 488 g/mol. The minimum atomic E-state index is 0.157. The van der Waals surface area contributed by atoms with Gasteiger partial charge in [0.2, 0.25) is 11.8 Å². The van der Waals surface area contributed by atoms with Crippen molar-refractivity contribution in [1.29, 1.82) is 0 Å². The van der Waals surface area contributed by atoms with E-state index in [1.807, 2.05) is 0 Å². The molecule has 0 saturated carbocycles. The summed E-state index contributed by atoms with van der Waals surface area (Å²) >= 11 is 0. The smallest absolute Gasteiger partial charge is 0.223 e. The van der Waals surface area contributed by atoms with E-state index >= 15 is 0 Å². The zero-order valence-electron chi connectivity index (χ0n) is 22.4. The Morgan fingerprint density at radius 1 is 1.11 bits per heavy atom. The molecular weight excluding hydrogens is 438 g/mol. The van der Waals surface area contributed by atoms with Gasteiger partial charge in [0.1, 0.15) is 6.17 Å². The average molecular weight is 489 g/mol. The first-order valence-electron chi connectivity index (χ1n) is 14.4. The minimum absolute atomic E-state index is 0.157. The number of nitrogens with one attached hydrogen (secondary N) is 2. The molecule has 3 heterocycles. The van der Waals surface area contributed by atoms with Crippen molar-refractivity contribution >= 4 is 11.8 Å². The Bertz CT molecular complexity index is 734. The number of piperazine rings is 1. The molecule has 0 radical (unpaired) electrons. The molecule has 0 aromatic heterocycles. The van der Waals surface area contributed by atoms with Gasteiger partial charge in [-0.1, -0.05) is 25.5 Å². The highest BCUT2D eigenvalue weighted by molar-refractivity contribution is 5.79. The quantitative estimate of drug-likeness (QED) is 0.475. The molecule has 1 aliphatic carbocycles. The lowest BCUT2D eigenvalue weighted by Gasteiger charge is -2.40. The topological polar surface area (TPSA) is 81.3 Å². The maximum absolute atomic E-state index is 13.3. The van der Waals surface area contributed by atoms with E-state index in [-0.39, 0.29) is 11.8 Å². The lowest BCUT2D eigenvalue weighted by Crippen LogP contribution is -2.95. The van der Waals surface area contributed by atoms with Crippen LogP contribution in [0.4, 0.5) is 0 Å². The first-order chi connectivity index (χ1) is 16.9. The van der Waals surface area contributed by atoms with Crippen molar-refractivity contribution in [2.24, 2.45) is 29.6 Å². The maximum atomic E-state index is 13.3. The molecule has 3 saturated heterocycles. The lowest BCUT2D eigenvalue weighted by atomic mass is 9.69. The van der Waals surface area contributed by atoms with Gasteiger partial charge in [-0.25, -0.2) is 0 Å². The third kappa shape index (κ3) is 7.07. The number of nitrogens with two attached hydrogens (primary N) is 1. The van der Waals surface area contributed by atoms with Crippen molar-refractivity contribution < 1.29 is 14.9 Å². The van der Waals surface area contributed by atoms with Gasteiger partial charge < -0.3 is 20.9 Å². The minimum Gasteiger partial charge on any atom is -0.355 e. The summed E-state index contributed by atoms with van der Waals surface area (Å²) < 4.78 is 0. The molecule has 7 nitrogen and oxygen atoms in total. The summed E-state index contributed by atoms with van der Waals surface area (Å²) in [6, 6.07) is 0. The zero-order valence-corrected chi connectivity index (χ0v) is 22.4. The third-order valence-electron chi connectivity index (χ3n) is 9.26. The number of carbonyl (C=O) groups is 2. The number of carbonyl (C=O) groups excluding carboxylic acids is 2. The van der Waals surface area contributed by atoms with Crippen molar-refractivity contribution in [3.63, 3.8) is 0 Å². The van der Waals surface area contributed by atoms with Gasteiger partial charge in [-0.15, -0.1) is 0 Å². The summed E-state index contributed by atoms with van der Waals surface area (Å²) in [7, 11) is 0. The van der Waals surface area contributed by atoms with Crippen molar-refractivity contribution in [3.05, 3.63) is 11.6 Å². The molecule has 0 aromatic rings. The number of quaternary nitrogens is 1. The molecule has 0 spiro atoms. The van der Waals surface area contributed by atoms with Crippen LogP contribution in [0.5, 0.6) is 0 Å². The van der Waals surface area contributed by atoms with Crippen LogP contribution in [0.3, 0.4) is 0 Å². The van der Waals surface area contributed by atoms with E-state index < -0.39 is 0 Å². The second-order valence-corrected chi connectivity index (χ2v) is 11.9. The third-order valence-corrected chi connectivity index (χ3v) is 9.26. The van der Waals surface area contributed by atoms with Gasteiger partial charge in [-0.05, 0) is 75.8 Å². The summed E-state index contributed by atoms with van der Waals surface area (Å²) in [5.74, 6) is 2.44. The van der Waals surface area contributed by atoms with Crippen molar-refractivity contribution in [1.82, 2.24) is 20.4 Å². The number of nitrogens with zero attached hydrogens (tertiary/aromatic N) is 2. The van der Waals surface area contributed by atoms with Gasteiger partial charge in [0.15, 0.2) is 0 Å². The van der Waals surface area contributed by atoms with Crippen LogP contribution >= 0.6 is 0 Å². The van der Waals surface area contributed by atoms with Gasteiger partial charge >= 0.3 is 0 Å². The molecule has 4 N–H and O–H groups in total. The van der Waals surface area contributed by atoms with Crippen LogP contribution in [0.15, 0.2) is 11.6 Å². The number of allylic oxidation sites excluding steroid dienone is 1. The molecule has 3 fully saturated rings. The van der Waals surface area contributed by atoms with Crippen molar-refractivity contribution in [3.8, 4) is 0 Å². The van der Waals surface area contributed by atoms with Crippen LogP contribution in [-0.2, 0) is 9.59 Å². The van der Waals surface area contributed by atoms with E-state index in [1.165, 1.54) is 31.4 Å². The largest absolute Gasteiger partial charge is 0.355 e. The molecule has 3 aliphatic heterocycles. The van der Waals surface area contributed by atoms with E-state index in [9.17, 15) is 9.59 Å². The first-order valence-corrected chi connectivity index (χ1v) is 14.4. The summed E-state index contributed by atoms with van der Waals surface area (Å²) in [6.07, 6.45) is 10.5. The molecule has 0 aromatic carbocycles. The molecule has 0 bridgehead atoms. The fraction of sp³-hybridized carbons (Fsp3) is 0.857. The number of hydrogen-bond donors (Lipinski definition) is 3. The number of amides is 2. The lowest BCUT2D eigenvalue weighted by molar-refractivity contribution is -0.717. The molecule has 35 heavy (non-hydrogen) atoms. The van der Waals surface area contributed by atoms with Crippen LogP contribution in [0.2, 0.25) is 0 Å². The first kappa shape index (κ1) is 26.6. The van der Waals surface area contributed by atoms with Crippen molar-refractivity contribution in [2.45, 2.75) is 71.9 Å². The van der Waals surface area contributed by atoms with E-state index in [1.54, 1.807) is 0 Å². The molecule has 198 valence electrons. The molecular formula is C28H50N5O2+. The van der Waals surface area contributed by atoms with E-state index in [0.29, 0.717) is 42.2 Å². The Morgan fingerprint density at radius 3 is 2.51 bits per heavy atom. The van der Waals surface area contributed by atoms with Crippen LogP contribution in [0, 0.1) is 29.6 Å². The predicted octanol–water partition coefficient (Wildman–Crippen LogP) is 1.56. The average Bonchev–Trinajstić information content (AvgIpc) is 2.89. The summed E-state index contributed by atoms with van der Waals surface area (Å²) in [6.45, 7) is 14.4. The summed E-state index contributed by atoms with van der Waals surface area (Å²) in [4.78, 5) is 30.6. The van der Waals surface area contributed by atoms with E-state index in [4.69, 9.17) is 0 Å². The Kier molecular flexibility index (Phi) is 9.65. The maximum Gasteiger partial charge on any atom is 0.223 e. The Balaban J connectivity index is 1.28. The van der Waals surface area contributed by atoms with Gasteiger partial charge in [-0.2, -0.15) is 0 Å². The van der Waals surface area contributed by atoms with Crippen LogP contribution in [0.1, 0.15) is 65.7 Å². The van der Waals surface area contributed by atoms with Crippen LogP contribution in [-0.4, -0.2) is 80.1 Å². The second-order valence-electron chi connectivity index (χ2n) is 11.9. The van der Waals surface area contributed by atoms with E-state index in [0.717, 1.165) is 65.1 Å². The summed E-state index contributed by atoms with van der Waals surface area (Å²) in [5, 5.41) is 9.11. The fourth-order valence-corrected chi connectivity index (χ4v) is 6.86. The number of hydrogen-bond acceptors (Lipinski definition) is 4. The van der Waals surface area contributed by atoms with Crippen LogP contribution in [0.25, 0.3) is 0 Å². The van der Waals surface area contributed by atoms with E-state index in [2.05, 4.69) is 52.6 Å². The Morgan fingerprint density at radius 2 is 1.86 bits per heavy atom. The highest BCUT2D eigenvalue weighted by atomic mass is 16.2. The highest BCUT2D eigenvalue weighted by Gasteiger charge is 2.35. The molecule has 4 rings (SSSR count). The molecule has 1 unspecified atom stereocenters. The molecule has 7 heteroatoms. The summed E-state index contributed by atoms with van der Waals surface area (Å²) in [5.41, 5.74) is 1.34. The van der Waals surface area contributed by atoms with Crippen molar-refractivity contribution in [2.75, 3.05) is 52.4 Å². The van der Waals surface area contributed by atoms with Crippen LogP contribution < -0.4 is 16.0 Å². The normalized spacial score (nSPS) is 31.3. The number of piperidine rings is 2. The van der Waals surface area contributed by atoms with Gasteiger partial charge in [-0.3, -0.25) is 14.5 Å². The SMILES string of the molecule is CC1=C[C@@H](CNC(=O)C2CCNCC2)[C@H](C(C)C)C[C@H]1CC(=O)N1CCN(C2CCCC[NH2+]2)CC1.